The minimum Gasteiger partial charge on any atom is -0.488 e. The topological polar surface area (TPSA) is 59.4 Å². The van der Waals surface area contributed by atoms with Gasteiger partial charge in [-0.25, -0.2) is 18.0 Å². The molecule has 1 heterocycles. The average molecular weight is 488 g/mol. The van der Waals surface area contributed by atoms with Crippen molar-refractivity contribution in [2.75, 3.05) is 0 Å². The van der Waals surface area contributed by atoms with Crippen molar-refractivity contribution in [2.24, 2.45) is 0 Å². The first-order valence-electron chi connectivity index (χ1n) is 10.8. The van der Waals surface area contributed by atoms with Crippen molar-refractivity contribution in [2.45, 2.75) is 39.2 Å². The number of nitrogens with zero attached hydrogens (tertiary/aromatic N) is 1. The first kappa shape index (κ1) is 23.8. The van der Waals surface area contributed by atoms with E-state index in [4.69, 9.17) is 16.3 Å². The SMILES string of the molecule is CCc1ncc(C2=C(c3cc(Cl)ccc3OCc3c(F)cc(F)cc3F)CCC2)cc1C(=O)O. The third-order valence-electron chi connectivity index (χ3n) is 5.85. The Bertz CT molecular complexity index is 1280. The molecule has 1 aromatic heterocycles. The van der Waals surface area contributed by atoms with Crippen LogP contribution in [0.5, 0.6) is 5.75 Å². The van der Waals surface area contributed by atoms with E-state index in [1.54, 1.807) is 30.5 Å². The second kappa shape index (κ2) is 9.89. The Morgan fingerprint density at radius 3 is 2.47 bits per heavy atom. The van der Waals surface area contributed by atoms with E-state index >= 15 is 0 Å². The molecule has 8 heteroatoms. The highest BCUT2D eigenvalue weighted by atomic mass is 35.5. The maximum absolute atomic E-state index is 14.1. The Kier molecular flexibility index (Phi) is 6.93. The van der Waals surface area contributed by atoms with E-state index in [1.807, 2.05) is 6.92 Å². The van der Waals surface area contributed by atoms with Gasteiger partial charge >= 0.3 is 5.97 Å². The number of pyridine rings is 1. The van der Waals surface area contributed by atoms with E-state index in [-0.39, 0.29) is 11.1 Å². The molecule has 0 saturated carbocycles. The zero-order chi connectivity index (χ0) is 24.4. The van der Waals surface area contributed by atoms with Crippen LogP contribution in [0.4, 0.5) is 13.2 Å². The number of allylic oxidation sites excluding steroid dienone is 2. The summed E-state index contributed by atoms with van der Waals surface area (Å²) in [6, 6.07) is 7.77. The fourth-order valence-electron chi connectivity index (χ4n) is 4.21. The molecule has 1 N–H and O–H groups in total. The molecule has 1 aliphatic carbocycles. The van der Waals surface area contributed by atoms with Crippen LogP contribution in [0, 0.1) is 17.5 Å². The third kappa shape index (κ3) is 4.80. The van der Waals surface area contributed by atoms with Gasteiger partial charge in [-0.1, -0.05) is 18.5 Å². The highest BCUT2D eigenvalue weighted by Gasteiger charge is 2.23. The number of carboxylic acid groups (broad SMARTS) is 1. The van der Waals surface area contributed by atoms with Gasteiger partial charge in [-0.15, -0.1) is 0 Å². The number of hydrogen-bond donors (Lipinski definition) is 1. The molecule has 34 heavy (non-hydrogen) atoms. The summed E-state index contributed by atoms with van der Waals surface area (Å²) in [6.07, 6.45) is 4.38. The van der Waals surface area contributed by atoms with E-state index in [0.717, 1.165) is 17.6 Å². The Morgan fingerprint density at radius 2 is 1.79 bits per heavy atom. The van der Waals surface area contributed by atoms with Gasteiger partial charge in [0, 0.05) is 28.9 Å². The quantitative estimate of drug-likeness (QED) is 0.386. The molecule has 3 aromatic rings. The summed E-state index contributed by atoms with van der Waals surface area (Å²) in [5.74, 6) is -3.75. The van der Waals surface area contributed by atoms with Crippen molar-refractivity contribution in [1.82, 2.24) is 4.98 Å². The molecule has 0 radical (unpaired) electrons. The van der Waals surface area contributed by atoms with E-state index < -0.39 is 30.0 Å². The maximum Gasteiger partial charge on any atom is 0.337 e. The lowest BCUT2D eigenvalue weighted by Gasteiger charge is -2.16. The number of benzene rings is 2. The van der Waals surface area contributed by atoms with Gasteiger partial charge in [0.25, 0.3) is 0 Å². The normalized spacial score (nSPS) is 13.4. The highest BCUT2D eigenvalue weighted by molar-refractivity contribution is 6.30. The molecule has 2 aromatic carbocycles. The zero-order valence-corrected chi connectivity index (χ0v) is 19.1. The standard InChI is InChI=1S/C26H21ClF3NO3/c1-2-24-20(26(32)33)8-14(12-31-24)17-4-3-5-18(17)19-9-15(27)6-7-25(19)34-13-21-22(29)10-16(28)11-23(21)30/h6-12H,2-5,13H2,1H3,(H,32,33). The molecule has 0 saturated heterocycles. The van der Waals surface area contributed by atoms with Gasteiger partial charge in [0.2, 0.25) is 0 Å². The predicted molar refractivity (Wildman–Crippen MR) is 123 cm³/mol. The van der Waals surface area contributed by atoms with Gasteiger partial charge in [0.05, 0.1) is 16.8 Å². The molecule has 0 amide bonds. The van der Waals surface area contributed by atoms with Gasteiger partial charge < -0.3 is 9.84 Å². The van der Waals surface area contributed by atoms with Crippen molar-refractivity contribution >= 4 is 28.7 Å². The summed E-state index contributed by atoms with van der Waals surface area (Å²) in [7, 11) is 0. The molecule has 0 unspecified atom stereocenters. The molecule has 1 aliphatic rings. The summed E-state index contributed by atoms with van der Waals surface area (Å²) < 4.78 is 47.2. The van der Waals surface area contributed by atoms with Crippen LogP contribution in [0.2, 0.25) is 5.02 Å². The van der Waals surface area contributed by atoms with Gasteiger partial charge in [0.15, 0.2) is 0 Å². The Balaban J connectivity index is 1.74. The number of ether oxygens (including phenoxy) is 1. The Labute approximate surface area is 199 Å². The predicted octanol–water partition coefficient (Wildman–Crippen LogP) is 7.09. The minimum absolute atomic E-state index is 0.156. The molecule has 0 atom stereocenters. The monoisotopic (exact) mass is 487 g/mol. The fraction of sp³-hybridized carbons (Fsp3) is 0.231. The van der Waals surface area contributed by atoms with Crippen molar-refractivity contribution < 1.29 is 27.8 Å². The van der Waals surface area contributed by atoms with Gasteiger partial charge in [-0.2, -0.15) is 0 Å². The smallest absolute Gasteiger partial charge is 0.337 e. The van der Waals surface area contributed by atoms with Crippen LogP contribution in [0.15, 0.2) is 42.6 Å². The van der Waals surface area contributed by atoms with E-state index in [1.165, 1.54) is 0 Å². The van der Waals surface area contributed by atoms with Crippen LogP contribution in [0.3, 0.4) is 0 Å². The highest BCUT2D eigenvalue weighted by Crippen LogP contribution is 2.44. The van der Waals surface area contributed by atoms with Crippen LogP contribution in [0.1, 0.15) is 58.9 Å². The van der Waals surface area contributed by atoms with Crippen LogP contribution in [-0.4, -0.2) is 16.1 Å². The summed E-state index contributed by atoms with van der Waals surface area (Å²) in [6.45, 7) is 1.40. The van der Waals surface area contributed by atoms with E-state index in [0.29, 0.717) is 59.0 Å². The van der Waals surface area contributed by atoms with Crippen molar-refractivity contribution in [1.29, 1.82) is 0 Å². The lowest BCUT2D eigenvalue weighted by atomic mass is 9.96. The third-order valence-corrected chi connectivity index (χ3v) is 6.08. The van der Waals surface area contributed by atoms with Crippen LogP contribution in [-0.2, 0) is 13.0 Å². The van der Waals surface area contributed by atoms with E-state index in [9.17, 15) is 23.1 Å². The number of halogens is 4. The lowest BCUT2D eigenvalue weighted by molar-refractivity contribution is 0.0695. The number of hydrogen-bond acceptors (Lipinski definition) is 3. The molecule has 0 fully saturated rings. The molecule has 4 nitrogen and oxygen atoms in total. The first-order chi connectivity index (χ1) is 16.3. The molecule has 0 spiro atoms. The van der Waals surface area contributed by atoms with Crippen molar-refractivity contribution in [3.63, 3.8) is 0 Å². The lowest BCUT2D eigenvalue weighted by Crippen LogP contribution is -2.06. The number of aromatic nitrogens is 1. The van der Waals surface area contributed by atoms with Crippen molar-refractivity contribution in [3.8, 4) is 5.75 Å². The van der Waals surface area contributed by atoms with E-state index in [2.05, 4.69) is 4.98 Å². The maximum atomic E-state index is 14.1. The molecule has 176 valence electrons. The van der Waals surface area contributed by atoms with Gasteiger partial charge in [-0.3, -0.25) is 4.98 Å². The summed E-state index contributed by atoms with van der Waals surface area (Å²) in [5.41, 5.74) is 3.45. The largest absolute Gasteiger partial charge is 0.488 e. The minimum atomic E-state index is -1.04. The second-order valence-electron chi connectivity index (χ2n) is 7.96. The number of aryl methyl sites for hydroxylation is 1. The molecule has 4 rings (SSSR count). The molecule has 0 bridgehead atoms. The molecule has 0 aliphatic heterocycles. The Morgan fingerprint density at radius 1 is 1.09 bits per heavy atom. The van der Waals surface area contributed by atoms with Gasteiger partial charge in [-0.05, 0) is 66.7 Å². The summed E-state index contributed by atoms with van der Waals surface area (Å²) in [4.78, 5) is 16.1. The summed E-state index contributed by atoms with van der Waals surface area (Å²) in [5, 5.41) is 10.0. The van der Waals surface area contributed by atoms with Crippen LogP contribution < -0.4 is 4.74 Å². The number of aromatic carboxylic acids is 1. The Hall–Kier alpha value is -3.32. The summed E-state index contributed by atoms with van der Waals surface area (Å²) >= 11 is 6.25. The molecular formula is C26H21ClF3NO3. The first-order valence-corrected chi connectivity index (χ1v) is 11.2. The molecular weight excluding hydrogens is 467 g/mol. The van der Waals surface area contributed by atoms with Crippen LogP contribution >= 0.6 is 11.6 Å². The van der Waals surface area contributed by atoms with Crippen LogP contribution in [0.25, 0.3) is 11.1 Å². The number of carboxylic acids is 1. The van der Waals surface area contributed by atoms with Gasteiger partial charge in [0.1, 0.15) is 29.8 Å². The fourth-order valence-corrected chi connectivity index (χ4v) is 4.38. The zero-order valence-electron chi connectivity index (χ0n) is 18.3. The van der Waals surface area contributed by atoms with Crippen molar-refractivity contribution in [3.05, 3.63) is 93.0 Å². The average Bonchev–Trinajstić information content (AvgIpc) is 3.28. The number of carbonyl (C=O) groups is 1. The second-order valence-corrected chi connectivity index (χ2v) is 8.40. The number of rotatable bonds is 7.